The van der Waals surface area contributed by atoms with Gasteiger partial charge in [0.05, 0.1) is 29.5 Å². The van der Waals surface area contributed by atoms with Crippen molar-refractivity contribution in [1.29, 1.82) is 0 Å². The molecule has 1 aromatic carbocycles. The van der Waals surface area contributed by atoms with E-state index < -0.39 is 6.10 Å². The smallest absolute Gasteiger partial charge is 0.262 e. The molecule has 1 aliphatic heterocycles. The zero-order valence-electron chi connectivity index (χ0n) is 16.8. The van der Waals surface area contributed by atoms with E-state index >= 15 is 0 Å². The SMILES string of the molecule is CCC(O)CN(CC(=O)N1N=C(c2cccs2)CC1c1ccco1)c1ccccc1. The van der Waals surface area contributed by atoms with Crippen LogP contribution in [0.4, 0.5) is 5.69 Å². The topological polar surface area (TPSA) is 69.3 Å². The highest BCUT2D eigenvalue weighted by Gasteiger charge is 2.35. The van der Waals surface area contributed by atoms with Crippen molar-refractivity contribution in [2.24, 2.45) is 5.10 Å². The molecule has 6 nitrogen and oxygen atoms in total. The molecule has 156 valence electrons. The van der Waals surface area contributed by atoms with Crippen molar-refractivity contribution in [3.8, 4) is 0 Å². The number of hydrazone groups is 1. The minimum atomic E-state index is -0.511. The van der Waals surface area contributed by atoms with E-state index in [1.807, 2.05) is 71.8 Å². The second kappa shape index (κ2) is 9.28. The number of para-hydroxylation sites is 1. The van der Waals surface area contributed by atoms with Gasteiger partial charge in [-0.1, -0.05) is 31.2 Å². The van der Waals surface area contributed by atoms with Crippen LogP contribution >= 0.6 is 11.3 Å². The van der Waals surface area contributed by atoms with Gasteiger partial charge in [-0.25, -0.2) is 5.01 Å². The largest absolute Gasteiger partial charge is 0.467 e. The molecule has 0 saturated carbocycles. The quantitative estimate of drug-likeness (QED) is 0.587. The molecule has 2 atom stereocenters. The Hall–Kier alpha value is -2.90. The van der Waals surface area contributed by atoms with E-state index in [2.05, 4.69) is 5.10 Å². The number of benzene rings is 1. The molecule has 0 aliphatic carbocycles. The third-order valence-corrected chi connectivity index (χ3v) is 6.11. The molecule has 1 aliphatic rings. The van der Waals surface area contributed by atoms with E-state index in [1.165, 1.54) is 0 Å². The molecule has 1 N–H and O–H groups in total. The van der Waals surface area contributed by atoms with E-state index in [9.17, 15) is 9.90 Å². The number of furan rings is 1. The maximum Gasteiger partial charge on any atom is 0.262 e. The van der Waals surface area contributed by atoms with Crippen LogP contribution in [0.2, 0.25) is 0 Å². The van der Waals surface area contributed by atoms with Gasteiger partial charge in [-0.15, -0.1) is 11.3 Å². The predicted octanol–water partition coefficient (Wildman–Crippen LogP) is 4.30. The van der Waals surface area contributed by atoms with Crippen LogP contribution in [0, 0.1) is 0 Å². The molecule has 0 bridgehead atoms. The lowest BCUT2D eigenvalue weighted by molar-refractivity contribution is -0.131. The van der Waals surface area contributed by atoms with Crippen LogP contribution in [0.3, 0.4) is 0 Å². The van der Waals surface area contributed by atoms with Gasteiger partial charge in [0.2, 0.25) is 0 Å². The summed E-state index contributed by atoms with van der Waals surface area (Å²) in [6, 6.07) is 17.1. The Morgan fingerprint density at radius 3 is 2.77 bits per heavy atom. The average Bonchev–Trinajstić information content (AvgIpc) is 3.54. The lowest BCUT2D eigenvalue weighted by Crippen LogP contribution is -2.41. The standard InChI is InChI=1S/C23H25N3O3S/c1-2-18(27)15-25(17-8-4-3-5-9-17)16-23(28)26-20(21-10-6-12-29-21)14-19(24-26)22-11-7-13-30-22/h3-13,18,20,27H,2,14-16H2,1H3. The van der Waals surface area contributed by atoms with Gasteiger partial charge < -0.3 is 14.4 Å². The van der Waals surface area contributed by atoms with E-state index in [4.69, 9.17) is 4.42 Å². The van der Waals surface area contributed by atoms with Crippen LogP contribution in [0.1, 0.15) is 36.4 Å². The lowest BCUT2D eigenvalue weighted by atomic mass is 10.1. The summed E-state index contributed by atoms with van der Waals surface area (Å²) in [7, 11) is 0. The highest BCUT2D eigenvalue weighted by molar-refractivity contribution is 7.12. The highest BCUT2D eigenvalue weighted by atomic mass is 32.1. The van der Waals surface area contributed by atoms with Gasteiger partial charge in [-0.05, 0) is 42.1 Å². The first-order valence-electron chi connectivity index (χ1n) is 10.1. The van der Waals surface area contributed by atoms with Crippen LogP contribution in [0.15, 0.2) is 75.8 Å². The summed E-state index contributed by atoms with van der Waals surface area (Å²) in [4.78, 5) is 16.3. The fraction of sp³-hybridized carbons (Fsp3) is 0.304. The minimum Gasteiger partial charge on any atom is -0.467 e. The third-order valence-electron chi connectivity index (χ3n) is 5.19. The Labute approximate surface area is 180 Å². The summed E-state index contributed by atoms with van der Waals surface area (Å²) in [6.07, 6.45) is 2.34. The second-order valence-corrected chi connectivity index (χ2v) is 8.22. The molecule has 3 aromatic rings. The Morgan fingerprint density at radius 1 is 1.27 bits per heavy atom. The number of carbonyl (C=O) groups is 1. The first-order chi connectivity index (χ1) is 14.7. The molecule has 0 saturated heterocycles. The molecule has 2 aromatic heterocycles. The normalized spacial score (nSPS) is 17.1. The number of rotatable bonds is 8. The minimum absolute atomic E-state index is 0.125. The first-order valence-corrected chi connectivity index (χ1v) is 11.0. The van der Waals surface area contributed by atoms with Crippen molar-refractivity contribution in [3.63, 3.8) is 0 Å². The van der Waals surface area contributed by atoms with Crippen molar-refractivity contribution in [1.82, 2.24) is 5.01 Å². The van der Waals surface area contributed by atoms with Crippen molar-refractivity contribution in [2.45, 2.75) is 31.9 Å². The molecule has 4 rings (SSSR count). The van der Waals surface area contributed by atoms with Gasteiger partial charge in [0.15, 0.2) is 0 Å². The van der Waals surface area contributed by atoms with Crippen LogP contribution in [0.25, 0.3) is 0 Å². The van der Waals surface area contributed by atoms with E-state index in [0.29, 0.717) is 19.4 Å². The Bertz CT molecular complexity index is 971. The number of hydrogen-bond donors (Lipinski definition) is 1. The van der Waals surface area contributed by atoms with Crippen molar-refractivity contribution < 1.29 is 14.3 Å². The lowest BCUT2D eigenvalue weighted by Gasteiger charge is -2.29. The van der Waals surface area contributed by atoms with Gasteiger partial charge in [0, 0.05) is 18.7 Å². The number of thiophene rings is 1. The molecule has 0 fully saturated rings. The van der Waals surface area contributed by atoms with Crippen molar-refractivity contribution in [2.75, 3.05) is 18.0 Å². The average molecular weight is 424 g/mol. The second-order valence-electron chi connectivity index (χ2n) is 7.28. The van der Waals surface area contributed by atoms with Gasteiger partial charge in [-0.2, -0.15) is 5.10 Å². The maximum atomic E-state index is 13.4. The monoisotopic (exact) mass is 423 g/mol. The molecule has 3 heterocycles. The molecule has 30 heavy (non-hydrogen) atoms. The van der Waals surface area contributed by atoms with E-state index in [1.54, 1.807) is 22.6 Å². The Balaban J connectivity index is 1.59. The molecule has 7 heteroatoms. The molecular weight excluding hydrogens is 398 g/mol. The zero-order valence-corrected chi connectivity index (χ0v) is 17.7. The summed E-state index contributed by atoms with van der Waals surface area (Å²) in [6.45, 7) is 2.44. The third kappa shape index (κ3) is 4.47. The van der Waals surface area contributed by atoms with E-state index in [-0.39, 0.29) is 18.5 Å². The summed E-state index contributed by atoms with van der Waals surface area (Å²) < 4.78 is 5.62. The number of nitrogens with zero attached hydrogens (tertiary/aromatic N) is 3. The number of aliphatic hydroxyl groups excluding tert-OH is 1. The van der Waals surface area contributed by atoms with Crippen molar-refractivity contribution >= 4 is 28.6 Å². The fourth-order valence-corrected chi connectivity index (χ4v) is 4.27. The van der Waals surface area contributed by atoms with Gasteiger partial charge in [0.1, 0.15) is 11.8 Å². The predicted molar refractivity (Wildman–Crippen MR) is 119 cm³/mol. The molecule has 2 unspecified atom stereocenters. The van der Waals surface area contributed by atoms with Crippen LogP contribution in [-0.2, 0) is 4.79 Å². The van der Waals surface area contributed by atoms with Crippen LogP contribution < -0.4 is 4.90 Å². The molecule has 1 amide bonds. The van der Waals surface area contributed by atoms with Gasteiger partial charge >= 0.3 is 0 Å². The highest BCUT2D eigenvalue weighted by Crippen LogP contribution is 2.34. The first kappa shape index (κ1) is 20.4. The zero-order chi connectivity index (χ0) is 20.9. The summed E-state index contributed by atoms with van der Waals surface area (Å²) in [5.74, 6) is 0.591. The molecule has 0 radical (unpaired) electrons. The fourth-order valence-electron chi connectivity index (χ4n) is 3.55. The Kier molecular flexibility index (Phi) is 6.30. The Morgan fingerprint density at radius 2 is 2.10 bits per heavy atom. The van der Waals surface area contributed by atoms with Crippen LogP contribution in [0.5, 0.6) is 0 Å². The number of carbonyl (C=O) groups excluding carboxylic acids is 1. The summed E-state index contributed by atoms with van der Waals surface area (Å²) >= 11 is 1.61. The maximum absolute atomic E-state index is 13.4. The van der Waals surface area contributed by atoms with Gasteiger partial charge in [0.25, 0.3) is 5.91 Å². The molecular formula is C23H25N3O3S. The van der Waals surface area contributed by atoms with Gasteiger partial charge in [-0.3, -0.25) is 4.79 Å². The van der Waals surface area contributed by atoms with Crippen LogP contribution in [-0.4, -0.2) is 40.9 Å². The van der Waals surface area contributed by atoms with E-state index in [0.717, 1.165) is 22.0 Å². The molecule has 0 spiro atoms. The number of anilines is 1. The number of amides is 1. The number of aliphatic hydroxyl groups is 1. The summed E-state index contributed by atoms with van der Waals surface area (Å²) in [5, 5.41) is 18.5. The summed E-state index contributed by atoms with van der Waals surface area (Å²) in [5.41, 5.74) is 1.79. The van der Waals surface area contributed by atoms with Crippen molar-refractivity contribution in [3.05, 3.63) is 76.9 Å². The number of hydrogen-bond acceptors (Lipinski definition) is 6.